The lowest BCUT2D eigenvalue weighted by atomic mass is 9.90. The van der Waals surface area contributed by atoms with Crippen LogP contribution in [0.5, 0.6) is 17.2 Å². The maximum absolute atomic E-state index is 6.06. The second-order valence-electron chi connectivity index (χ2n) is 5.07. The molecule has 0 aromatic heterocycles. The Morgan fingerprint density at radius 1 is 0.857 bits per heavy atom. The number of hydrogen-bond donors (Lipinski definition) is 0. The predicted molar refractivity (Wildman–Crippen MR) is 85.2 cm³/mol. The molecule has 21 heavy (non-hydrogen) atoms. The van der Waals surface area contributed by atoms with Crippen molar-refractivity contribution < 1.29 is 9.47 Å². The average Bonchev–Trinajstić information content (AvgIpc) is 2.53. The Labute approximate surface area is 123 Å². The van der Waals surface area contributed by atoms with E-state index in [1.165, 1.54) is 5.39 Å². The van der Waals surface area contributed by atoms with Gasteiger partial charge in [-0.3, -0.25) is 0 Å². The summed E-state index contributed by atoms with van der Waals surface area (Å²) in [6.07, 6.45) is 0. The summed E-state index contributed by atoms with van der Waals surface area (Å²) in [4.78, 5) is 0. The van der Waals surface area contributed by atoms with E-state index in [0.717, 1.165) is 39.3 Å². The van der Waals surface area contributed by atoms with Gasteiger partial charge >= 0.3 is 0 Å². The van der Waals surface area contributed by atoms with Crippen LogP contribution in [-0.4, -0.2) is 7.11 Å². The zero-order chi connectivity index (χ0) is 14.4. The van der Waals surface area contributed by atoms with Crippen LogP contribution in [0, 0.1) is 0 Å². The Bertz CT molecular complexity index is 878. The lowest BCUT2D eigenvalue weighted by Gasteiger charge is -2.25. The Hall–Kier alpha value is -2.74. The zero-order valence-corrected chi connectivity index (χ0v) is 11.7. The third-order valence-electron chi connectivity index (χ3n) is 3.92. The Morgan fingerprint density at radius 2 is 1.67 bits per heavy atom. The van der Waals surface area contributed by atoms with Gasteiger partial charge in [0.25, 0.3) is 0 Å². The van der Waals surface area contributed by atoms with Crippen LogP contribution in [0.25, 0.3) is 16.3 Å². The van der Waals surface area contributed by atoms with Crippen LogP contribution < -0.4 is 9.47 Å². The normalized spacial score (nSPS) is 12.5. The summed E-state index contributed by atoms with van der Waals surface area (Å²) < 4.78 is 11.5. The molecule has 2 nitrogen and oxygen atoms in total. The van der Waals surface area contributed by atoms with Crippen molar-refractivity contribution in [2.24, 2.45) is 0 Å². The fourth-order valence-electron chi connectivity index (χ4n) is 2.95. The molecule has 1 aliphatic rings. The van der Waals surface area contributed by atoms with Crippen molar-refractivity contribution in [3.8, 4) is 17.2 Å². The van der Waals surface area contributed by atoms with E-state index in [9.17, 15) is 0 Å². The van der Waals surface area contributed by atoms with Gasteiger partial charge in [-0.2, -0.15) is 0 Å². The fraction of sp³-hybridized carbons (Fsp3) is 0.0526. The summed E-state index contributed by atoms with van der Waals surface area (Å²) in [5.74, 6) is 2.43. The number of hydrogen-bond acceptors (Lipinski definition) is 2. The first-order valence-electron chi connectivity index (χ1n) is 6.86. The van der Waals surface area contributed by atoms with Crippen LogP contribution in [0.3, 0.4) is 0 Å². The van der Waals surface area contributed by atoms with E-state index in [-0.39, 0.29) is 0 Å². The molecule has 0 fully saturated rings. The monoisotopic (exact) mass is 274 g/mol. The van der Waals surface area contributed by atoms with Gasteiger partial charge in [0, 0.05) is 5.56 Å². The summed E-state index contributed by atoms with van der Waals surface area (Å²) in [6.45, 7) is 4.30. The van der Waals surface area contributed by atoms with Crippen LogP contribution >= 0.6 is 0 Å². The molecule has 0 radical (unpaired) electrons. The molecule has 3 aromatic rings. The Kier molecular flexibility index (Phi) is 2.51. The molecule has 0 saturated carbocycles. The topological polar surface area (TPSA) is 18.5 Å². The lowest BCUT2D eigenvalue weighted by Crippen LogP contribution is -2.04. The zero-order valence-electron chi connectivity index (χ0n) is 11.7. The maximum atomic E-state index is 6.06. The van der Waals surface area contributed by atoms with E-state index in [4.69, 9.17) is 9.47 Å². The Morgan fingerprint density at radius 3 is 2.52 bits per heavy atom. The highest BCUT2D eigenvalue weighted by molar-refractivity contribution is 6.02. The van der Waals surface area contributed by atoms with Gasteiger partial charge in [0.15, 0.2) is 0 Å². The average molecular weight is 274 g/mol. The van der Waals surface area contributed by atoms with Crippen molar-refractivity contribution in [1.82, 2.24) is 0 Å². The van der Waals surface area contributed by atoms with Gasteiger partial charge in [-0.15, -0.1) is 0 Å². The first-order chi connectivity index (χ1) is 10.3. The second kappa shape index (κ2) is 4.38. The van der Waals surface area contributed by atoms with E-state index in [0.29, 0.717) is 0 Å². The third kappa shape index (κ3) is 1.66. The Balaban J connectivity index is 2.04. The smallest absolute Gasteiger partial charge is 0.139 e. The highest BCUT2D eigenvalue weighted by Gasteiger charge is 2.25. The maximum Gasteiger partial charge on any atom is 0.139 e. The molecular weight excluding hydrogens is 260 g/mol. The summed E-state index contributed by atoms with van der Waals surface area (Å²) in [5, 5.41) is 2.33. The molecule has 0 N–H and O–H groups in total. The summed E-state index contributed by atoms with van der Waals surface area (Å²) in [6, 6.07) is 18.2. The molecule has 0 amide bonds. The first-order valence-corrected chi connectivity index (χ1v) is 6.86. The molecule has 102 valence electrons. The van der Waals surface area contributed by atoms with Gasteiger partial charge in [0.05, 0.1) is 12.7 Å². The van der Waals surface area contributed by atoms with Crippen molar-refractivity contribution in [1.29, 1.82) is 0 Å². The lowest BCUT2D eigenvalue weighted by molar-refractivity contribution is 0.405. The van der Waals surface area contributed by atoms with Crippen molar-refractivity contribution >= 4 is 16.3 Å². The minimum Gasteiger partial charge on any atom is -0.496 e. The van der Waals surface area contributed by atoms with E-state index in [1.807, 2.05) is 36.4 Å². The molecule has 0 saturated heterocycles. The largest absolute Gasteiger partial charge is 0.496 e. The molecule has 2 heteroatoms. The van der Waals surface area contributed by atoms with Crippen molar-refractivity contribution in [2.75, 3.05) is 7.11 Å². The molecule has 3 aromatic carbocycles. The third-order valence-corrected chi connectivity index (χ3v) is 3.92. The summed E-state index contributed by atoms with van der Waals surface area (Å²) in [7, 11) is 1.67. The first kappa shape index (κ1) is 12.0. The quantitative estimate of drug-likeness (QED) is 0.485. The van der Waals surface area contributed by atoms with E-state index < -0.39 is 0 Å². The molecule has 0 aliphatic carbocycles. The number of benzene rings is 3. The van der Waals surface area contributed by atoms with Gasteiger partial charge in [0.2, 0.25) is 0 Å². The predicted octanol–water partition coefficient (Wildman–Crippen LogP) is 5.02. The minimum absolute atomic E-state index is 0.788. The van der Waals surface area contributed by atoms with Gasteiger partial charge in [-0.05, 0) is 34.5 Å². The van der Waals surface area contributed by atoms with Crippen LogP contribution in [0.1, 0.15) is 11.1 Å². The van der Waals surface area contributed by atoms with Gasteiger partial charge in [-0.25, -0.2) is 0 Å². The number of fused-ring (bicyclic) bond motifs is 4. The van der Waals surface area contributed by atoms with Crippen LogP contribution in [0.4, 0.5) is 0 Å². The molecule has 0 bridgehead atoms. The van der Waals surface area contributed by atoms with Crippen molar-refractivity contribution in [3.05, 3.63) is 72.3 Å². The highest BCUT2D eigenvalue weighted by Crippen LogP contribution is 2.48. The minimum atomic E-state index is 0.788. The summed E-state index contributed by atoms with van der Waals surface area (Å²) in [5.41, 5.74) is 2.93. The highest BCUT2D eigenvalue weighted by atomic mass is 16.5. The van der Waals surface area contributed by atoms with Gasteiger partial charge in [0.1, 0.15) is 17.2 Å². The fourth-order valence-corrected chi connectivity index (χ4v) is 2.95. The molecule has 0 unspecified atom stereocenters. The molecule has 0 spiro atoms. The standard InChI is InChI=1S/C19H14O2/c1-12-18-14-7-4-3-6-13(14)10-11-17(18)21-16-9-5-8-15(20-2)19(12)16/h3-11H,1H2,2H3. The van der Waals surface area contributed by atoms with E-state index in [2.05, 4.69) is 24.8 Å². The van der Waals surface area contributed by atoms with Crippen LogP contribution in [-0.2, 0) is 0 Å². The van der Waals surface area contributed by atoms with Crippen LogP contribution in [0.15, 0.2) is 61.2 Å². The van der Waals surface area contributed by atoms with Crippen LogP contribution in [0.2, 0.25) is 0 Å². The summed E-state index contributed by atoms with van der Waals surface area (Å²) >= 11 is 0. The van der Waals surface area contributed by atoms with E-state index >= 15 is 0 Å². The van der Waals surface area contributed by atoms with Crippen molar-refractivity contribution in [2.45, 2.75) is 0 Å². The number of ether oxygens (including phenoxy) is 2. The number of methoxy groups -OCH3 is 1. The SMILES string of the molecule is C=C1c2c(OC)cccc2Oc2ccc3ccccc3c21. The van der Waals surface area contributed by atoms with Gasteiger partial charge in [-0.1, -0.05) is 43.0 Å². The van der Waals surface area contributed by atoms with E-state index in [1.54, 1.807) is 7.11 Å². The molecule has 1 heterocycles. The second-order valence-corrected chi connectivity index (χ2v) is 5.07. The number of rotatable bonds is 1. The molecule has 1 aliphatic heterocycles. The van der Waals surface area contributed by atoms with Crippen molar-refractivity contribution in [3.63, 3.8) is 0 Å². The van der Waals surface area contributed by atoms with Gasteiger partial charge < -0.3 is 9.47 Å². The molecule has 0 atom stereocenters. The molecular formula is C19H14O2. The molecule has 4 rings (SSSR count).